The van der Waals surface area contributed by atoms with Crippen LogP contribution in [0.5, 0.6) is 0 Å². The summed E-state index contributed by atoms with van der Waals surface area (Å²) in [7, 11) is 0. The minimum atomic E-state index is -0.152. The monoisotopic (exact) mass is 225 g/mol. The van der Waals surface area contributed by atoms with Gasteiger partial charge >= 0.3 is 6.41 Å². The van der Waals surface area contributed by atoms with Crippen molar-refractivity contribution in [2.45, 2.75) is 6.42 Å². The second-order valence-corrected chi connectivity index (χ2v) is 3.81. The van der Waals surface area contributed by atoms with Gasteiger partial charge in [0.15, 0.2) is 0 Å². The SMILES string of the molecule is O=[C]N1C2=CC=CC=CN2C2=C1C(=O)C=CC2. The van der Waals surface area contributed by atoms with Gasteiger partial charge in [0.25, 0.3) is 0 Å². The third-order valence-corrected chi connectivity index (χ3v) is 2.87. The average Bonchev–Trinajstić information content (AvgIpc) is 2.50. The minimum absolute atomic E-state index is 0.152. The van der Waals surface area contributed by atoms with Crippen LogP contribution >= 0.6 is 0 Å². The first kappa shape index (κ1) is 9.84. The standard InChI is InChI=1S/C13H9N2O2/c16-9-15-12-7-2-1-3-8-14(12)10-5-4-6-11(17)13(10)15/h1-4,6-8H,5H2. The second kappa shape index (κ2) is 3.59. The largest absolute Gasteiger partial charge is 0.323 e. The fourth-order valence-electron chi connectivity index (χ4n) is 2.16. The first-order valence-electron chi connectivity index (χ1n) is 5.29. The summed E-state index contributed by atoms with van der Waals surface area (Å²) >= 11 is 0. The molecule has 1 radical (unpaired) electrons. The molecular weight excluding hydrogens is 216 g/mol. The lowest BCUT2D eigenvalue weighted by atomic mass is 10.1. The lowest BCUT2D eigenvalue weighted by molar-refractivity contribution is -0.112. The van der Waals surface area contributed by atoms with Gasteiger partial charge in [0.2, 0.25) is 5.78 Å². The summed E-state index contributed by atoms with van der Waals surface area (Å²) in [6, 6.07) is 0. The summed E-state index contributed by atoms with van der Waals surface area (Å²) in [4.78, 5) is 26.0. The van der Waals surface area contributed by atoms with Gasteiger partial charge < -0.3 is 4.90 Å². The topological polar surface area (TPSA) is 40.6 Å². The van der Waals surface area contributed by atoms with Crippen LogP contribution in [-0.2, 0) is 9.59 Å². The van der Waals surface area contributed by atoms with E-state index in [1.54, 1.807) is 12.2 Å². The fourth-order valence-corrected chi connectivity index (χ4v) is 2.16. The molecule has 0 bridgehead atoms. The molecule has 2 heterocycles. The maximum absolute atomic E-state index is 11.8. The summed E-state index contributed by atoms with van der Waals surface area (Å²) in [5.74, 6) is 0.494. The number of amides is 1. The second-order valence-electron chi connectivity index (χ2n) is 3.81. The van der Waals surface area contributed by atoms with Crippen molar-refractivity contribution in [3.8, 4) is 0 Å². The Balaban J connectivity index is 2.16. The van der Waals surface area contributed by atoms with E-state index in [0.29, 0.717) is 17.9 Å². The highest BCUT2D eigenvalue weighted by Crippen LogP contribution is 2.36. The average molecular weight is 225 g/mol. The first-order chi connectivity index (χ1) is 8.33. The van der Waals surface area contributed by atoms with Crippen LogP contribution in [0.25, 0.3) is 0 Å². The molecular formula is C13H9N2O2. The molecule has 0 spiro atoms. The summed E-state index contributed by atoms with van der Waals surface area (Å²) < 4.78 is 0. The highest BCUT2D eigenvalue weighted by Gasteiger charge is 2.37. The zero-order chi connectivity index (χ0) is 11.8. The molecule has 17 heavy (non-hydrogen) atoms. The molecule has 83 valence electrons. The molecule has 0 atom stereocenters. The molecule has 2 aliphatic heterocycles. The van der Waals surface area contributed by atoms with Gasteiger partial charge in [0.1, 0.15) is 11.5 Å². The van der Waals surface area contributed by atoms with E-state index in [0.717, 1.165) is 5.70 Å². The van der Waals surface area contributed by atoms with Crippen LogP contribution in [0.2, 0.25) is 0 Å². The van der Waals surface area contributed by atoms with E-state index in [-0.39, 0.29) is 5.78 Å². The minimum Gasteiger partial charge on any atom is -0.304 e. The number of rotatable bonds is 1. The van der Waals surface area contributed by atoms with Gasteiger partial charge in [-0.15, -0.1) is 0 Å². The van der Waals surface area contributed by atoms with Crippen LogP contribution in [0.15, 0.2) is 59.9 Å². The predicted octanol–water partition coefficient (Wildman–Crippen LogP) is 1.34. The van der Waals surface area contributed by atoms with Crippen molar-refractivity contribution in [1.29, 1.82) is 0 Å². The molecule has 3 rings (SSSR count). The smallest absolute Gasteiger partial charge is 0.304 e. The Hall–Kier alpha value is -2.36. The molecule has 0 aromatic rings. The third kappa shape index (κ3) is 1.30. The molecule has 3 aliphatic rings. The van der Waals surface area contributed by atoms with Gasteiger partial charge in [-0.3, -0.25) is 14.5 Å². The van der Waals surface area contributed by atoms with E-state index in [9.17, 15) is 9.59 Å². The van der Waals surface area contributed by atoms with Gasteiger partial charge in [-0.25, -0.2) is 0 Å². The number of carbonyl (C=O) groups excluding carboxylic acids is 2. The number of carbonyl (C=O) groups is 1. The Labute approximate surface area is 98.5 Å². The highest BCUT2D eigenvalue weighted by atomic mass is 16.1. The number of allylic oxidation sites excluding steroid dienone is 6. The van der Waals surface area contributed by atoms with E-state index in [4.69, 9.17) is 0 Å². The molecule has 0 aromatic carbocycles. The van der Waals surface area contributed by atoms with E-state index in [1.165, 1.54) is 11.0 Å². The van der Waals surface area contributed by atoms with Crippen molar-refractivity contribution in [1.82, 2.24) is 9.80 Å². The van der Waals surface area contributed by atoms with Crippen LogP contribution in [0, 0.1) is 0 Å². The van der Waals surface area contributed by atoms with Crippen LogP contribution in [0.4, 0.5) is 0 Å². The van der Waals surface area contributed by atoms with Crippen LogP contribution in [0.1, 0.15) is 6.42 Å². The highest BCUT2D eigenvalue weighted by molar-refractivity contribution is 6.07. The summed E-state index contributed by atoms with van der Waals surface area (Å²) in [6.45, 7) is 0. The van der Waals surface area contributed by atoms with Crippen molar-refractivity contribution in [2.24, 2.45) is 0 Å². The van der Waals surface area contributed by atoms with Crippen LogP contribution in [-0.4, -0.2) is 22.0 Å². The maximum Gasteiger partial charge on any atom is 0.323 e. The Morgan fingerprint density at radius 3 is 2.94 bits per heavy atom. The molecule has 0 fully saturated rings. The molecule has 4 heteroatoms. The maximum atomic E-state index is 11.8. The van der Waals surface area contributed by atoms with Crippen molar-refractivity contribution in [3.05, 3.63) is 59.9 Å². The zero-order valence-electron chi connectivity index (χ0n) is 8.96. The summed E-state index contributed by atoms with van der Waals surface area (Å²) in [5.41, 5.74) is 1.24. The number of nitrogens with zero attached hydrogens (tertiary/aromatic N) is 2. The predicted molar refractivity (Wildman–Crippen MR) is 61.5 cm³/mol. The van der Waals surface area contributed by atoms with Crippen molar-refractivity contribution in [3.63, 3.8) is 0 Å². The Kier molecular flexibility index (Phi) is 2.08. The summed E-state index contributed by atoms with van der Waals surface area (Å²) in [6.07, 6.45) is 14.9. The van der Waals surface area contributed by atoms with E-state index in [1.807, 2.05) is 35.7 Å². The van der Waals surface area contributed by atoms with Gasteiger partial charge in [-0.05, 0) is 18.2 Å². The van der Waals surface area contributed by atoms with Crippen LogP contribution < -0.4 is 0 Å². The Morgan fingerprint density at radius 1 is 1.24 bits per heavy atom. The zero-order valence-corrected chi connectivity index (χ0v) is 8.96. The van der Waals surface area contributed by atoms with Gasteiger partial charge in [-0.1, -0.05) is 18.2 Å². The normalized spacial score (nSPS) is 21.4. The number of hydrogen-bond acceptors (Lipinski definition) is 3. The molecule has 0 saturated heterocycles. The van der Waals surface area contributed by atoms with E-state index in [2.05, 4.69) is 0 Å². The quantitative estimate of drug-likeness (QED) is 0.676. The lowest BCUT2D eigenvalue weighted by Crippen LogP contribution is -2.23. The van der Waals surface area contributed by atoms with Gasteiger partial charge in [-0.2, -0.15) is 0 Å². The van der Waals surface area contributed by atoms with Crippen molar-refractivity contribution < 1.29 is 9.59 Å². The van der Waals surface area contributed by atoms with Gasteiger partial charge in [0, 0.05) is 12.6 Å². The number of ketones is 1. The molecule has 0 unspecified atom stereocenters. The fraction of sp³-hybridized carbons (Fsp3) is 0.0769. The molecule has 1 aliphatic carbocycles. The first-order valence-corrected chi connectivity index (χ1v) is 5.29. The van der Waals surface area contributed by atoms with Crippen molar-refractivity contribution in [2.75, 3.05) is 0 Å². The Morgan fingerprint density at radius 2 is 2.12 bits per heavy atom. The third-order valence-electron chi connectivity index (χ3n) is 2.87. The molecule has 4 nitrogen and oxygen atoms in total. The van der Waals surface area contributed by atoms with Crippen LogP contribution in [0.3, 0.4) is 0 Å². The molecule has 0 aromatic heterocycles. The lowest BCUT2D eigenvalue weighted by Gasteiger charge is -2.18. The van der Waals surface area contributed by atoms with E-state index >= 15 is 0 Å². The molecule has 1 amide bonds. The van der Waals surface area contributed by atoms with E-state index < -0.39 is 0 Å². The molecule has 0 N–H and O–H groups in total. The number of fused-ring (bicyclic) bond motifs is 2. The number of hydrogen-bond donors (Lipinski definition) is 0. The van der Waals surface area contributed by atoms with Gasteiger partial charge in [0.05, 0.1) is 5.70 Å². The van der Waals surface area contributed by atoms with Crippen molar-refractivity contribution >= 4 is 12.2 Å². The summed E-state index contributed by atoms with van der Waals surface area (Å²) in [5, 5.41) is 0. The molecule has 0 saturated carbocycles. The Bertz CT molecular complexity index is 546.